The minimum Gasteiger partial charge on any atom is -0.394 e. The van der Waals surface area contributed by atoms with Crippen LogP contribution in [0, 0.1) is 0 Å². The van der Waals surface area contributed by atoms with Crippen LogP contribution in [0.2, 0.25) is 0 Å². The normalized spacial score (nSPS) is 20.3. The largest absolute Gasteiger partial charge is 0.394 e. The second kappa shape index (κ2) is 49.5. The summed E-state index contributed by atoms with van der Waals surface area (Å²) < 4.78 is 11.1. The molecule has 1 rings (SSSR count). The maximum Gasteiger partial charge on any atom is 0.249 e. The monoisotopic (exact) mass is 1010 g/mol. The average Bonchev–Trinajstić information content (AvgIpc) is 3.37. The number of carbonyl (C=O) groups excluding carboxylic acids is 1. The molecular weight excluding hydrogens is 895 g/mol. The van der Waals surface area contributed by atoms with Crippen molar-refractivity contribution in [2.45, 2.75) is 339 Å². The van der Waals surface area contributed by atoms with Crippen LogP contribution in [0.1, 0.15) is 284 Å². The van der Waals surface area contributed by atoms with Gasteiger partial charge in [-0.2, -0.15) is 0 Å². The van der Waals surface area contributed by atoms with Gasteiger partial charge in [-0.15, -0.1) is 0 Å². The molecule has 1 fully saturated rings. The maximum absolute atomic E-state index is 13.1. The second-order valence-electron chi connectivity index (χ2n) is 21.4. The zero-order valence-electron chi connectivity index (χ0n) is 46.0. The molecule has 0 radical (unpaired) electrons. The Kier molecular flexibility index (Phi) is 47.1. The second-order valence-corrected chi connectivity index (χ2v) is 21.4. The van der Waals surface area contributed by atoms with E-state index in [1.165, 1.54) is 205 Å². The fourth-order valence-corrected chi connectivity index (χ4v) is 9.79. The molecule has 1 saturated heterocycles. The molecule has 71 heavy (non-hydrogen) atoms. The summed E-state index contributed by atoms with van der Waals surface area (Å²) in [6, 6.07) is -1.19. The van der Waals surface area contributed by atoms with Crippen LogP contribution in [0.4, 0.5) is 0 Å². The van der Waals surface area contributed by atoms with E-state index >= 15 is 0 Å². The first-order valence-corrected chi connectivity index (χ1v) is 30.2. The van der Waals surface area contributed by atoms with Crippen molar-refractivity contribution < 1.29 is 50.0 Å². The molecule has 11 heteroatoms. The highest BCUT2D eigenvalue weighted by atomic mass is 16.7. The standard InChI is InChI=1S/C60H115NO10/c1-3-5-7-9-11-13-15-17-18-19-20-21-22-23-24-25-26-27-28-29-30-31-32-33-34-35-36-38-39-41-43-45-47-52(63)55(65)51(50-70-60-58(68)57(67)56(66)54(49-62)71-60)61-59(69)53(64)48-46-44-42-40-37-16-14-12-10-8-6-4-2/h37,39-41,51-58,60,62-68H,3-36,38,42-50H2,1-2H3,(H,61,69)/b40-37-,41-39+. The third-order valence-corrected chi connectivity index (χ3v) is 14.7. The third kappa shape index (κ3) is 37.9. The molecule has 0 aliphatic carbocycles. The first kappa shape index (κ1) is 67.6. The first-order chi connectivity index (χ1) is 34.7. The topological polar surface area (TPSA) is 189 Å². The van der Waals surface area contributed by atoms with Gasteiger partial charge in [-0.1, -0.05) is 244 Å². The first-order valence-electron chi connectivity index (χ1n) is 30.2. The molecule has 0 aromatic carbocycles. The number of hydrogen-bond donors (Lipinski definition) is 8. The SMILES string of the molecule is CCCCCCCC/C=C\CCCCC(O)C(=O)NC(COC1OC(CO)C(O)C(O)C1O)C(O)C(O)CCC/C=C/CCCCCCCCCCCCCCCCCCCCCCCCCCCCC. The van der Waals surface area contributed by atoms with Crippen LogP contribution >= 0.6 is 0 Å². The molecule has 1 heterocycles. The van der Waals surface area contributed by atoms with E-state index in [1.54, 1.807) is 0 Å². The van der Waals surface area contributed by atoms with Gasteiger partial charge >= 0.3 is 0 Å². The molecule has 9 atom stereocenters. The summed E-state index contributed by atoms with van der Waals surface area (Å²) >= 11 is 0. The predicted octanol–water partition coefficient (Wildman–Crippen LogP) is 12.9. The maximum atomic E-state index is 13.1. The average molecular weight is 1010 g/mol. The summed E-state index contributed by atoms with van der Waals surface area (Å²) in [4.78, 5) is 13.1. The van der Waals surface area contributed by atoms with Gasteiger partial charge in [0.2, 0.25) is 5.91 Å². The number of nitrogens with one attached hydrogen (secondary N) is 1. The number of hydrogen-bond acceptors (Lipinski definition) is 10. The van der Waals surface area contributed by atoms with Crippen LogP contribution in [-0.2, 0) is 14.3 Å². The van der Waals surface area contributed by atoms with Crippen molar-refractivity contribution >= 4 is 5.91 Å². The van der Waals surface area contributed by atoms with Crippen LogP contribution in [0.5, 0.6) is 0 Å². The quantitative estimate of drug-likeness (QED) is 0.0215. The van der Waals surface area contributed by atoms with Crippen molar-refractivity contribution in [2.24, 2.45) is 0 Å². The van der Waals surface area contributed by atoms with Gasteiger partial charge in [0.25, 0.3) is 0 Å². The van der Waals surface area contributed by atoms with Crippen LogP contribution < -0.4 is 5.32 Å². The molecule has 0 saturated carbocycles. The van der Waals surface area contributed by atoms with Gasteiger partial charge in [-0.3, -0.25) is 4.79 Å². The third-order valence-electron chi connectivity index (χ3n) is 14.7. The molecule has 1 amide bonds. The van der Waals surface area contributed by atoms with E-state index in [4.69, 9.17) is 9.47 Å². The molecule has 0 bridgehead atoms. The van der Waals surface area contributed by atoms with E-state index < -0.39 is 74.2 Å². The summed E-state index contributed by atoms with van der Waals surface area (Å²) in [6.45, 7) is 3.43. The molecule has 0 spiro atoms. The van der Waals surface area contributed by atoms with Crippen molar-refractivity contribution in [1.29, 1.82) is 0 Å². The van der Waals surface area contributed by atoms with Gasteiger partial charge in [0.15, 0.2) is 6.29 Å². The molecule has 1 aliphatic rings. The van der Waals surface area contributed by atoms with E-state index in [1.807, 2.05) is 0 Å². The van der Waals surface area contributed by atoms with Crippen molar-refractivity contribution in [1.82, 2.24) is 5.32 Å². The Labute approximate surface area is 435 Å². The Morgan fingerprint density at radius 2 is 0.831 bits per heavy atom. The molecule has 0 aromatic heterocycles. The fourth-order valence-electron chi connectivity index (χ4n) is 9.79. The summed E-state index contributed by atoms with van der Waals surface area (Å²) in [6.07, 6.45) is 48.5. The predicted molar refractivity (Wildman–Crippen MR) is 293 cm³/mol. The Bertz CT molecular complexity index is 1200. The van der Waals surface area contributed by atoms with E-state index in [-0.39, 0.29) is 12.8 Å². The number of ether oxygens (including phenoxy) is 2. The van der Waals surface area contributed by atoms with E-state index in [0.717, 1.165) is 38.5 Å². The summed E-state index contributed by atoms with van der Waals surface area (Å²) in [5.74, 6) is -0.721. The number of aliphatic hydroxyl groups excluding tert-OH is 7. The van der Waals surface area contributed by atoms with Crippen LogP contribution in [0.3, 0.4) is 0 Å². The number of rotatable bonds is 52. The minimum absolute atomic E-state index is 0.224. The molecule has 8 N–H and O–H groups in total. The molecule has 420 valence electrons. The highest BCUT2D eigenvalue weighted by Gasteiger charge is 2.44. The van der Waals surface area contributed by atoms with Gasteiger partial charge in [0.1, 0.15) is 36.6 Å². The van der Waals surface area contributed by atoms with Crippen LogP contribution in [-0.4, -0.2) is 110 Å². The van der Waals surface area contributed by atoms with Crippen LogP contribution in [0.15, 0.2) is 24.3 Å². The lowest BCUT2D eigenvalue weighted by molar-refractivity contribution is -0.303. The Balaban J connectivity index is 2.21. The summed E-state index contributed by atoms with van der Waals surface area (Å²) in [5, 5.41) is 75.9. The number of allylic oxidation sites excluding steroid dienone is 4. The zero-order valence-corrected chi connectivity index (χ0v) is 46.0. The van der Waals surface area contributed by atoms with Gasteiger partial charge < -0.3 is 50.5 Å². The fraction of sp³-hybridized carbons (Fsp3) is 0.917. The Morgan fingerprint density at radius 3 is 1.21 bits per heavy atom. The van der Waals surface area contributed by atoms with Gasteiger partial charge in [0, 0.05) is 0 Å². The highest BCUT2D eigenvalue weighted by molar-refractivity contribution is 5.80. The minimum atomic E-state index is -1.67. The lowest BCUT2D eigenvalue weighted by Crippen LogP contribution is -2.60. The molecule has 0 aromatic rings. The number of unbranched alkanes of at least 4 members (excludes halogenated alkanes) is 36. The van der Waals surface area contributed by atoms with Gasteiger partial charge in [-0.25, -0.2) is 0 Å². The van der Waals surface area contributed by atoms with Crippen molar-refractivity contribution in [3.63, 3.8) is 0 Å². The summed E-state index contributed by atoms with van der Waals surface area (Å²) in [7, 11) is 0. The lowest BCUT2D eigenvalue weighted by atomic mass is 9.98. The number of carbonyl (C=O) groups is 1. The molecular formula is C60H115NO10. The van der Waals surface area contributed by atoms with Crippen LogP contribution in [0.25, 0.3) is 0 Å². The van der Waals surface area contributed by atoms with Crippen molar-refractivity contribution in [3.05, 3.63) is 24.3 Å². The van der Waals surface area contributed by atoms with E-state index in [2.05, 4.69) is 43.5 Å². The molecule has 1 aliphatic heterocycles. The Hall–Kier alpha value is -1.41. The highest BCUT2D eigenvalue weighted by Crippen LogP contribution is 2.23. The summed E-state index contributed by atoms with van der Waals surface area (Å²) in [5.41, 5.74) is 0. The number of amides is 1. The van der Waals surface area contributed by atoms with Gasteiger partial charge in [-0.05, 0) is 64.2 Å². The number of aliphatic hydroxyl groups is 7. The molecule has 11 nitrogen and oxygen atoms in total. The van der Waals surface area contributed by atoms with E-state index in [0.29, 0.717) is 12.8 Å². The molecule has 9 unspecified atom stereocenters. The van der Waals surface area contributed by atoms with Crippen molar-refractivity contribution in [3.8, 4) is 0 Å². The Morgan fingerprint density at radius 1 is 0.479 bits per heavy atom. The smallest absolute Gasteiger partial charge is 0.249 e. The van der Waals surface area contributed by atoms with E-state index in [9.17, 15) is 40.5 Å². The van der Waals surface area contributed by atoms with Crippen molar-refractivity contribution in [2.75, 3.05) is 13.2 Å². The zero-order chi connectivity index (χ0) is 51.8. The lowest BCUT2D eigenvalue weighted by Gasteiger charge is -2.40. The van der Waals surface area contributed by atoms with Gasteiger partial charge in [0.05, 0.1) is 25.4 Å².